The average molecular weight is 430 g/mol. The number of hydrogen-bond acceptors (Lipinski definition) is 7. The van der Waals surface area contributed by atoms with Crippen molar-refractivity contribution < 1.29 is 9.31 Å². The molecule has 0 radical (unpaired) electrons. The quantitative estimate of drug-likeness (QED) is 0.289. The van der Waals surface area contributed by atoms with Crippen LogP contribution in [0.15, 0.2) is 91.3 Å². The highest BCUT2D eigenvalue weighted by atomic mass is 19.1. The van der Waals surface area contributed by atoms with Crippen LogP contribution >= 0.6 is 0 Å². The number of rotatable bonds is 8. The summed E-state index contributed by atoms with van der Waals surface area (Å²) in [6, 6.07) is 24.6. The molecule has 0 fully saturated rings. The Bertz CT molecular complexity index is 1150. The predicted molar refractivity (Wildman–Crippen MR) is 121 cm³/mol. The van der Waals surface area contributed by atoms with E-state index in [4.69, 9.17) is 0 Å². The summed E-state index contributed by atoms with van der Waals surface area (Å²) < 4.78 is 13.1. The van der Waals surface area contributed by atoms with Gasteiger partial charge in [0, 0.05) is 6.54 Å². The molecular formula is C23H19FN6O2. The third-order valence-corrected chi connectivity index (χ3v) is 4.62. The minimum atomic E-state index is -0.538. The molecular weight excluding hydrogens is 411 g/mol. The van der Waals surface area contributed by atoms with E-state index in [1.165, 1.54) is 18.5 Å². The topological polar surface area (TPSA) is 96.2 Å². The Labute approximate surface area is 183 Å². The molecule has 0 saturated carbocycles. The summed E-state index contributed by atoms with van der Waals surface area (Å²) in [4.78, 5) is 19.6. The van der Waals surface area contributed by atoms with E-state index in [1.54, 1.807) is 17.1 Å². The summed E-state index contributed by atoms with van der Waals surface area (Å²) in [6.45, 7) is 0.235. The lowest BCUT2D eigenvalue weighted by Crippen LogP contribution is -2.26. The van der Waals surface area contributed by atoms with Crippen LogP contribution < -0.4 is 15.8 Å². The van der Waals surface area contributed by atoms with Gasteiger partial charge in [0.05, 0.1) is 16.3 Å². The number of nitrogens with zero attached hydrogens (tertiary/aromatic N) is 4. The number of para-hydroxylation sites is 2. The van der Waals surface area contributed by atoms with Crippen LogP contribution in [-0.4, -0.2) is 14.9 Å². The highest BCUT2D eigenvalue weighted by molar-refractivity contribution is 5.74. The molecule has 0 unspecified atom stereocenters. The van der Waals surface area contributed by atoms with Crippen molar-refractivity contribution in [2.75, 3.05) is 15.8 Å². The van der Waals surface area contributed by atoms with Gasteiger partial charge in [-0.3, -0.25) is 20.5 Å². The van der Waals surface area contributed by atoms with E-state index in [-0.39, 0.29) is 29.7 Å². The second-order valence-electron chi connectivity index (χ2n) is 6.77. The van der Waals surface area contributed by atoms with Gasteiger partial charge < -0.3 is 5.32 Å². The van der Waals surface area contributed by atoms with Crippen molar-refractivity contribution >= 4 is 28.7 Å². The Hall–Kier alpha value is -4.53. The first-order chi connectivity index (χ1) is 15.6. The molecule has 9 heteroatoms. The van der Waals surface area contributed by atoms with Crippen LogP contribution in [-0.2, 0) is 6.54 Å². The number of hydrogen-bond donors (Lipinski definition) is 2. The van der Waals surface area contributed by atoms with Crippen molar-refractivity contribution in [3.05, 3.63) is 113 Å². The van der Waals surface area contributed by atoms with Gasteiger partial charge in [-0.25, -0.2) is 14.4 Å². The molecule has 0 amide bonds. The van der Waals surface area contributed by atoms with Gasteiger partial charge in [-0.15, -0.1) is 0 Å². The maximum absolute atomic E-state index is 13.1. The van der Waals surface area contributed by atoms with Crippen LogP contribution in [0.4, 0.5) is 33.1 Å². The number of nitrogens with one attached hydrogen (secondary N) is 2. The number of nitro groups is 1. The Morgan fingerprint density at radius 1 is 0.844 bits per heavy atom. The Morgan fingerprint density at radius 2 is 1.41 bits per heavy atom. The number of aromatic nitrogens is 2. The predicted octanol–water partition coefficient (Wildman–Crippen LogP) is 5.30. The minimum Gasteiger partial charge on any atom is -0.360 e. The van der Waals surface area contributed by atoms with E-state index < -0.39 is 4.92 Å². The summed E-state index contributed by atoms with van der Waals surface area (Å²) in [5, 5.41) is 16.6. The maximum Gasteiger partial charge on any atom is 0.354 e. The van der Waals surface area contributed by atoms with Crippen molar-refractivity contribution in [3.8, 4) is 0 Å². The van der Waals surface area contributed by atoms with E-state index in [0.29, 0.717) is 0 Å². The lowest BCUT2D eigenvalue weighted by molar-refractivity contribution is -0.383. The summed E-state index contributed by atoms with van der Waals surface area (Å²) >= 11 is 0. The number of hydrazine groups is 1. The van der Waals surface area contributed by atoms with Gasteiger partial charge in [0.2, 0.25) is 11.6 Å². The van der Waals surface area contributed by atoms with Crippen LogP contribution in [0.5, 0.6) is 0 Å². The van der Waals surface area contributed by atoms with Crippen LogP contribution in [0.25, 0.3) is 0 Å². The van der Waals surface area contributed by atoms with Crippen molar-refractivity contribution in [1.82, 2.24) is 9.97 Å². The first-order valence-electron chi connectivity index (χ1n) is 9.76. The molecule has 4 rings (SSSR count). The second-order valence-corrected chi connectivity index (χ2v) is 6.77. The lowest BCUT2D eigenvalue weighted by atomic mass is 10.2. The van der Waals surface area contributed by atoms with Crippen LogP contribution in [0.3, 0.4) is 0 Å². The number of anilines is 4. The van der Waals surface area contributed by atoms with Crippen LogP contribution in [0, 0.1) is 15.9 Å². The molecule has 0 spiro atoms. The van der Waals surface area contributed by atoms with Crippen molar-refractivity contribution in [2.24, 2.45) is 0 Å². The first kappa shape index (κ1) is 20.7. The third-order valence-electron chi connectivity index (χ3n) is 4.62. The summed E-state index contributed by atoms with van der Waals surface area (Å²) in [5.41, 5.74) is 5.05. The van der Waals surface area contributed by atoms with E-state index in [9.17, 15) is 14.5 Å². The molecule has 0 atom stereocenters. The van der Waals surface area contributed by atoms with Gasteiger partial charge in [0.15, 0.2) is 0 Å². The van der Waals surface area contributed by atoms with Gasteiger partial charge in [-0.1, -0.05) is 48.5 Å². The minimum absolute atomic E-state index is 0.0271. The Kier molecular flexibility index (Phi) is 6.17. The monoisotopic (exact) mass is 430 g/mol. The number of benzene rings is 3. The molecule has 0 saturated heterocycles. The molecule has 160 valence electrons. The standard InChI is InChI=1S/C23H19FN6O2/c24-18-13-11-17(12-14-18)15-25-22-21(30(31)32)23(27-16-26-22)28-29(19-7-3-1-4-8-19)20-9-5-2-6-10-20/h1-14,16H,15H2,(H2,25,26,27,28). The molecule has 0 aliphatic carbocycles. The van der Waals surface area contributed by atoms with Gasteiger partial charge in [0.1, 0.15) is 12.1 Å². The van der Waals surface area contributed by atoms with E-state index in [2.05, 4.69) is 20.7 Å². The number of halogens is 1. The molecule has 8 nitrogen and oxygen atoms in total. The van der Waals surface area contributed by atoms with Gasteiger partial charge in [-0.05, 0) is 42.0 Å². The normalized spacial score (nSPS) is 10.4. The van der Waals surface area contributed by atoms with Crippen LogP contribution in [0.2, 0.25) is 0 Å². The Morgan fingerprint density at radius 3 is 1.97 bits per heavy atom. The molecule has 4 aromatic rings. The largest absolute Gasteiger partial charge is 0.360 e. The smallest absolute Gasteiger partial charge is 0.354 e. The third kappa shape index (κ3) is 4.78. The van der Waals surface area contributed by atoms with E-state index in [0.717, 1.165) is 16.9 Å². The lowest BCUT2D eigenvalue weighted by Gasteiger charge is -2.26. The SMILES string of the molecule is O=[N+]([O-])c1c(NCc2ccc(F)cc2)ncnc1NN(c1ccccc1)c1ccccc1. The fraction of sp³-hybridized carbons (Fsp3) is 0.0435. The van der Waals surface area contributed by atoms with Gasteiger partial charge in [0.25, 0.3) is 0 Å². The molecule has 32 heavy (non-hydrogen) atoms. The van der Waals surface area contributed by atoms with E-state index in [1.807, 2.05) is 60.7 Å². The fourth-order valence-electron chi connectivity index (χ4n) is 3.09. The van der Waals surface area contributed by atoms with Gasteiger partial charge in [-0.2, -0.15) is 0 Å². The van der Waals surface area contributed by atoms with Crippen LogP contribution in [0.1, 0.15) is 5.56 Å². The molecule has 2 N–H and O–H groups in total. The van der Waals surface area contributed by atoms with Crippen molar-refractivity contribution in [3.63, 3.8) is 0 Å². The molecule has 0 bridgehead atoms. The summed E-state index contributed by atoms with van der Waals surface area (Å²) in [7, 11) is 0. The summed E-state index contributed by atoms with van der Waals surface area (Å²) in [6.07, 6.45) is 1.25. The Balaban J connectivity index is 1.66. The second kappa shape index (κ2) is 9.52. The molecule has 1 heterocycles. The molecule has 1 aromatic heterocycles. The zero-order valence-electron chi connectivity index (χ0n) is 16.9. The average Bonchev–Trinajstić information content (AvgIpc) is 2.83. The zero-order chi connectivity index (χ0) is 22.3. The fourth-order valence-corrected chi connectivity index (χ4v) is 3.09. The molecule has 0 aliphatic rings. The highest BCUT2D eigenvalue weighted by Gasteiger charge is 2.25. The molecule has 0 aliphatic heterocycles. The maximum atomic E-state index is 13.1. The van der Waals surface area contributed by atoms with Crippen molar-refractivity contribution in [1.29, 1.82) is 0 Å². The molecule has 3 aromatic carbocycles. The van der Waals surface area contributed by atoms with E-state index >= 15 is 0 Å². The van der Waals surface area contributed by atoms with Crippen molar-refractivity contribution in [2.45, 2.75) is 6.54 Å². The first-order valence-corrected chi connectivity index (χ1v) is 9.76. The van der Waals surface area contributed by atoms with Gasteiger partial charge >= 0.3 is 5.69 Å². The zero-order valence-corrected chi connectivity index (χ0v) is 16.9. The summed E-state index contributed by atoms with van der Waals surface area (Å²) in [5.74, 6) is -0.271. The highest BCUT2D eigenvalue weighted by Crippen LogP contribution is 2.33.